The van der Waals surface area contributed by atoms with Gasteiger partial charge in [-0.3, -0.25) is 19.2 Å². The first-order valence-electron chi connectivity index (χ1n) is 15.1. The van der Waals surface area contributed by atoms with Crippen LogP contribution in [0.3, 0.4) is 0 Å². The molecular formula is C27H45N7O16. The van der Waals surface area contributed by atoms with Gasteiger partial charge >= 0.3 is 11.9 Å². The van der Waals surface area contributed by atoms with Crippen LogP contribution in [-0.2, 0) is 47.7 Å². The first kappa shape index (κ1) is 41.9. The number of aliphatic hydroxyl groups excluding tert-OH is 4. The summed E-state index contributed by atoms with van der Waals surface area (Å²) in [5, 5.41) is 71.3. The van der Waals surface area contributed by atoms with E-state index < -0.39 is 134 Å². The molecule has 0 aromatic carbocycles. The predicted molar refractivity (Wildman–Crippen MR) is 163 cm³/mol. The fourth-order valence-corrected chi connectivity index (χ4v) is 5.53. The Kier molecular flexibility index (Phi) is 15.2. The number of nitrogens with zero attached hydrogens (tertiary/aromatic N) is 1. The average Bonchev–Trinajstić information content (AvgIpc) is 2.98. The van der Waals surface area contributed by atoms with Crippen LogP contribution < -0.4 is 32.7 Å². The highest BCUT2D eigenvalue weighted by Crippen LogP contribution is 2.32. The van der Waals surface area contributed by atoms with Crippen LogP contribution in [0.4, 0.5) is 0 Å². The molecule has 0 aromatic heterocycles. The molecule has 0 unspecified atom stereocenters. The molecule has 0 radical (unpaired) electrons. The standard InChI is InChI=1S/C27H45N7O16/c1-7(36)17(41)19(12(6-35)30-8(2)37)47-26-16(33-11(5)40)14(31-9(3)38)20(22(50-26)24(45)46)48-25-15(32-10(4)39)13(34-27(28)29)18(42)21(49-25)23(43)44/h7,12-22,25-26,35-36,41-42H,6H2,1-5H3,(H,30,37)(H,31,38)(H,32,39)(H,33,40)(H,43,44)(H,45,46)(H4,28,29,34)/t7-,12+,13-,14-,15+,16+,17+,18+,19-,20+,21-,22+,25-,26-/m1/s1. The molecule has 284 valence electrons. The maximum Gasteiger partial charge on any atom is 0.335 e. The zero-order valence-corrected chi connectivity index (χ0v) is 27.7. The molecule has 0 aromatic rings. The van der Waals surface area contributed by atoms with Crippen molar-refractivity contribution in [2.24, 2.45) is 16.5 Å². The minimum Gasteiger partial charge on any atom is -0.479 e. The van der Waals surface area contributed by atoms with Gasteiger partial charge in [0.15, 0.2) is 30.7 Å². The molecule has 2 fully saturated rings. The molecule has 4 amide bonds. The van der Waals surface area contributed by atoms with E-state index in [0.29, 0.717) is 0 Å². The largest absolute Gasteiger partial charge is 0.479 e. The maximum absolute atomic E-state index is 12.7. The summed E-state index contributed by atoms with van der Waals surface area (Å²) in [7, 11) is 0. The molecular weight excluding hydrogens is 678 g/mol. The summed E-state index contributed by atoms with van der Waals surface area (Å²) in [6.45, 7) is 4.45. The molecule has 0 bridgehead atoms. The van der Waals surface area contributed by atoms with Crippen molar-refractivity contribution in [1.82, 2.24) is 21.3 Å². The number of hydrogen-bond acceptors (Lipinski definition) is 15. The van der Waals surface area contributed by atoms with Crippen molar-refractivity contribution >= 4 is 41.5 Å². The molecule has 0 saturated carbocycles. The SMILES string of the molecule is CC(=O)N[C@@H]1[C@H](O[C@H]2[C@H](NC(C)=O)[C@H](NC(C)=O)[C@H](O[C@@H]([C@@H](O)[C@@H](C)O)[C@H](CO)NC(C)=O)O[C@@H]2C(=O)O)O[C@@H](C(=O)O)[C@@H](O)[C@@H]1N=C(N)N. The molecule has 0 aliphatic carbocycles. The lowest BCUT2D eigenvalue weighted by Crippen LogP contribution is -2.73. The van der Waals surface area contributed by atoms with Crippen molar-refractivity contribution in [3.8, 4) is 0 Å². The average molecular weight is 724 g/mol. The zero-order chi connectivity index (χ0) is 38.2. The van der Waals surface area contributed by atoms with E-state index in [-0.39, 0.29) is 0 Å². The Labute approximate surface area is 284 Å². The number of carbonyl (C=O) groups excluding carboxylic acids is 4. The number of ether oxygens (including phenoxy) is 4. The molecule has 2 aliphatic heterocycles. The van der Waals surface area contributed by atoms with Gasteiger partial charge in [-0.25, -0.2) is 14.6 Å². The highest BCUT2D eigenvalue weighted by Gasteiger charge is 2.56. The smallest absolute Gasteiger partial charge is 0.335 e. The van der Waals surface area contributed by atoms with Gasteiger partial charge in [-0.2, -0.15) is 0 Å². The Morgan fingerprint density at radius 3 is 1.74 bits per heavy atom. The van der Waals surface area contributed by atoms with Crippen LogP contribution in [0.15, 0.2) is 4.99 Å². The van der Waals surface area contributed by atoms with Gasteiger partial charge in [0.1, 0.15) is 42.5 Å². The number of carboxylic acid groups (broad SMARTS) is 2. The summed E-state index contributed by atoms with van der Waals surface area (Å²) in [5.74, 6) is -7.25. The first-order valence-corrected chi connectivity index (χ1v) is 15.1. The van der Waals surface area contributed by atoms with Crippen molar-refractivity contribution in [3.63, 3.8) is 0 Å². The summed E-state index contributed by atoms with van der Waals surface area (Å²) in [5.41, 5.74) is 11.0. The summed E-state index contributed by atoms with van der Waals surface area (Å²) in [6.07, 6.45) is -17.3. The van der Waals surface area contributed by atoms with Crippen LogP contribution in [-0.4, -0.2) is 164 Å². The van der Waals surface area contributed by atoms with Crippen LogP contribution in [0.5, 0.6) is 0 Å². The number of carbonyl (C=O) groups is 6. The molecule has 2 saturated heterocycles. The summed E-state index contributed by atoms with van der Waals surface area (Å²) in [6, 6.07) is -7.99. The molecule has 50 heavy (non-hydrogen) atoms. The van der Waals surface area contributed by atoms with E-state index >= 15 is 0 Å². The van der Waals surface area contributed by atoms with Crippen LogP contribution in [0.2, 0.25) is 0 Å². The van der Waals surface area contributed by atoms with Crippen molar-refractivity contribution in [2.75, 3.05) is 6.61 Å². The Morgan fingerprint density at radius 2 is 1.30 bits per heavy atom. The second kappa shape index (κ2) is 18.1. The monoisotopic (exact) mass is 723 g/mol. The van der Waals surface area contributed by atoms with E-state index in [1.807, 2.05) is 0 Å². The lowest BCUT2D eigenvalue weighted by molar-refractivity contribution is -0.311. The van der Waals surface area contributed by atoms with Gasteiger partial charge in [-0.15, -0.1) is 0 Å². The number of hydrogen-bond donors (Lipinski definition) is 12. The van der Waals surface area contributed by atoms with Crippen molar-refractivity contribution in [3.05, 3.63) is 0 Å². The van der Waals surface area contributed by atoms with Gasteiger partial charge in [0.25, 0.3) is 0 Å². The van der Waals surface area contributed by atoms with E-state index in [1.165, 1.54) is 0 Å². The highest BCUT2D eigenvalue weighted by molar-refractivity contribution is 5.78. The Hall–Kier alpha value is -4.23. The van der Waals surface area contributed by atoms with Crippen LogP contribution >= 0.6 is 0 Å². The number of aliphatic carboxylic acids is 2. The van der Waals surface area contributed by atoms with Crippen LogP contribution in [0, 0.1) is 0 Å². The molecule has 2 rings (SSSR count). The number of rotatable bonds is 15. The third-order valence-electron chi connectivity index (χ3n) is 7.51. The molecule has 23 heteroatoms. The number of nitrogens with one attached hydrogen (secondary N) is 4. The second-order valence-corrected chi connectivity index (χ2v) is 11.7. The van der Waals surface area contributed by atoms with E-state index in [0.717, 1.165) is 34.6 Å². The number of aliphatic hydroxyl groups is 4. The minimum atomic E-state index is -2.20. The predicted octanol–water partition coefficient (Wildman–Crippen LogP) is -6.87. The fourth-order valence-electron chi connectivity index (χ4n) is 5.53. The van der Waals surface area contributed by atoms with Crippen LogP contribution in [0.25, 0.3) is 0 Å². The van der Waals surface area contributed by atoms with Crippen molar-refractivity contribution in [1.29, 1.82) is 0 Å². The summed E-state index contributed by atoms with van der Waals surface area (Å²) in [4.78, 5) is 77.6. The van der Waals surface area contributed by atoms with Gasteiger partial charge in [-0.05, 0) is 6.92 Å². The molecule has 2 heterocycles. The third kappa shape index (κ3) is 10.9. The Balaban J connectivity index is 2.75. The molecule has 23 nitrogen and oxygen atoms in total. The number of guanidine groups is 1. The van der Waals surface area contributed by atoms with Crippen LogP contribution in [0.1, 0.15) is 34.6 Å². The molecule has 14 N–H and O–H groups in total. The molecule has 2 aliphatic rings. The topological polar surface area (TPSA) is 373 Å². The maximum atomic E-state index is 12.7. The van der Waals surface area contributed by atoms with E-state index in [2.05, 4.69) is 26.3 Å². The Morgan fingerprint density at radius 1 is 0.800 bits per heavy atom. The second-order valence-electron chi connectivity index (χ2n) is 11.7. The third-order valence-corrected chi connectivity index (χ3v) is 7.51. The van der Waals surface area contributed by atoms with Gasteiger partial charge in [-0.1, -0.05) is 0 Å². The first-order chi connectivity index (χ1) is 23.2. The zero-order valence-electron chi connectivity index (χ0n) is 27.7. The number of aliphatic imine (C=N–C) groups is 1. The number of carboxylic acids is 2. The lowest BCUT2D eigenvalue weighted by Gasteiger charge is -2.49. The van der Waals surface area contributed by atoms with Gasteiger partial charge in [0.2, 0.25) is 23.6 Å². The fraction of sp³-hybridized carbons (Fsp3) is 0.741. The van der Waals surface area contributed by atoms with E-state index in [1.54, 1.807) is 0 Å². The van der Waals surface area contributed by atoms with E-state index in [4.69, 9.17) is 30.4 Å². The molecule has 0 spiro atoms. The van der Waals surface area contributed by atoms with Gasteiger partial charge in [0, 0.05) is 27.7 Å². The normalized spacial score (nSPS) is 31.9. The van der Waals surface area contributed by atoms with Gasteiger partial charge in [0.05, 0.1) is 24.8 Å². The minimum absolute atomic E-state index is 0.644. The summed E-state index contributed by atoms with van der Waals surface area (Å²) < 4.78 is 23.0. The van der Waals surface area contributed by atoms with E-state index in [9.17, 15) is 59.4 Å². The van der Waals surface area contributed by atoms with Crippen molar-refractivity contribution < 1.29 is 78.4 Å². The van der Waals surface area contributed by atoms with Gasteiger partial charge < -0.3 is 82.3 Å². The number of nitrogens with two attached hydrogens (primary N) is 2. The summed E-state index contributed by atoms with van der Waals surface area (Å²) >= 11 is 0. The highest BCUT2D eigenvalue weighted by atomic mass is 16.7. The quantitative estimate of drug-likeness (QED) is 0.0551. The van der Waals surface area contributed by atoms with Crippen molar-refractivity contribution in [2.45, 2.75) is 120 Å². The Bertz CT molecular complexity index is 1280. The lowest BCUT2D eigenvalue weighted by atomic mass is 9.91. The molecule has 14 atom stereocenters. The number of amides is 4.